The van der Waals surface area contributed by atoms with Crippen molar-refractivity contribution >= 4 is 49.6 Å². The molecule has 0 amide bonds. The summed E-state index contributed by atoms with van der Waals surface area (Å²) < 4.78 is 13.4. The monoisotopic (exact) mass is 497 g/mol. The predicted octanol–water partition coefficient (Wildman–Crippen LogP) is 4.09. The number of rotatable bonds is 5. The van der Waals surface area contributed by atoms with Gasteiger partial charge in [0.1, 0.15) is 0 Å². The number of esters is 2. The molecule has 1 aromatic carbocycles. The third-order valence-corrected chi connectivity index (χ3v) is 6.15. The van der Waals surface area contributed by atoms with Gasteiger partial charge in [0.05, 0.1) is 14.8 Å². The van der Waals surface area contributed by atoms with Crippen LogP contribution in [0.4, 0.5) is 0 Å². The molecule has 0 saturated carbocycles. The molecule has 8 heteroatoms. The highest BCUT2D eigenvalue weighted by Crippen LogP contribution is 2.31. The molecule has 0 bridgehead atoms. The van der Waals surface area contributed by atoms with Crippen LogP contribution in [0.2, 0.25) is 0 Å². The van der Waals surface area contributed by atoms with Crippen LogP contribution in [0, 0.1) is 5.92 Å². The molecular weight excluding hydrogens is 482 g/mol. The summed E-state index contributed by atoms with van der Waals surface area (Å²) >= 11 is 6.86. The number of carbonyl (C=O) groups is 3. The van der Waals surface area contributed by atoms with Gasteiger partial charge in [-0.1, -0.05) is 30.3 Å². The molecule has 27 heavy (non-hydrogen) atoms. The minimum absolute atomic E-state index is 0.155. The molecule has 0 N–H and O–H groups in total. The van der Waals surface area contributed by atoms with Gasteiger partial charge in [0.15, 0.2) is 5.92 Å². The minimum Gasteiger partial charge on any atom is -0.422 e. The summed E-state index contributed by atoms with van der Waals surface area (Å²) in [6, 6.07) is 10.6. The van der Waals surface area contributed by atoms with E-state index in [2.05, 4.69) is 31.9 Å². The van der Waals surface area contributed by atoms with Crippen molar-refractivity contribution in [3.8, 4) is 0 Å². The number of hydrogen-bond acceptors (Lipinski definition) is 5. The van der Waals surface area contributed by atoms with Crippen molar-refractivity contribution in [2.45, 2.75) is 32.6 Å². The average molecular weight is 499 g/mol. The summed E-state index contributed by atoms with van der Waals surface area (Å²) in [5.74, 6) is -3.66. The number of ketones is 1. The van der Waals surface area contributed by atoms with Gasteiger partial charge in [-0.05, 0) is 44.3 Å². The van der Waals surface area contributed by atoms with Crippen molar-refractivity contribution in [2.24, 2.45) is 5.92 Å². The normalized spacial score (nSPS) is 16.7. The van der Waals surface area contributed by atoms with E-state index in [1.165, 1.54) is 13.8 Å². The van der Waals surface area contributed by atoms with E-state index in [0.717, 1.165) is 0 Å². The molecule has 2 heterocycles. The van der Waals surface area contributed by atoms with E-state index < -0.39 is 23.6 Å². The fourth-order valence-corrected chi connectivity index (χ4v) is 3.79. The summed E-state index contributed by atoms with van der Waals surface area (Å²) in [6.45, 7) is 3.28. The van der Waals surface area contributed by atoms with Crippen LogP contribution in [0.25, 0.3) is 0 Å². The van der Waals surface area contributed by atoms with Crippen LogP contribution in [0.15, 0.2) is 45.5 Å². The second-order valence-electron chi connectivity index (χ2n) is 6.60. The Hall–Kier alpha value is -1.93. The van der Waals surface area contributed by atoms with Crippen molar-refractivity contribution in [2.75, 3.05) is 0 Å². The molecule has 0 atom stereocenters. The van der Waals surface area contributed by atoms with Crippen LogP contribution in [0.3, 0.4) is 0 Å². The van der Waals surface area contributed by atoms with Gasteiger partial charge >= 0.3 is 11.9 Å². The quantitative estimate of drug-likeness (QED) is 0.352. The Morgan fingerprint density at radius 3 is 2.30 bits per heavy atom. The van der Waals surface area contributed by atoms with Crippen molar-refractivity contribution in [3.05, 3.63) is 56.7 Å². The number of ether oxygens (including phenoxy) is 2. The summed E-state index contributed by atoms with van der Waals surface area (Å²) in [6.07, 6.45) is 0.155. The van der Waals surface area contributed by atoms with Crippen molar-refractivity contribution in [1.82, 2.24) is 4.57 Å². The molecule has 1 saturated heterocycles. The molecule has 1 fully saturated rings. The van der Waals surface area contributed by atoms with Gasteiger partial charge in [-0.2, -0.15) is 0 Å². The van der Waals surface area contributed by atoms with Crippen LogP contribution in [-0.4, -0.2) is 28.1 Å². The zero-order valence-corrected chi connectivity index (χ0v) is 17.9. The Balaban J connectivity index is 1.83. The fraction of sp³-hybridized carbons (Fsp3) is 0.316. The molecule has 1 aliphatic heterocycles. The van der Waals surface area contributed by atoms with E-state index >= 15 is 0 Å². The molecule has 3 rings (SSSR count). The summed E-state index contributed by atoms with van der Waals surface area (Å²) in [4.78, 5) is 37.2. The van der Waals surface area contributed by atoms with Gasteiger partial charge in [-0.15, -0.1) is 0 Å². The molecule has 142 valence electrons. The maximum Gasteiger partial charge on any atom is 0.323 e. The highest BCUT2D eigenvalue weighted by atomic mass is 79.9. The number of halogens is 2. The third-order valence-electron chi connectivity index (χ3n) is 4.16. The van der Waals surface area contributed by atoms with Crippen LogP contribution in [0.5, 0.6) is 0 Å². The molecular formula is C19H17Br2NO5. The molecule has 2 aromatic rings. The van der Waals surface area contributed by atoms with Crippen molar-refractivity contribution < 1.29 is 23.9 Å². The highest BCUT2D eigenvalue weighted by molar-refractivity contribution is 9.13. The van der Waals surface area contributed by atoms with Crippen LogP contribution in [-0.2, 0) is 25.6 Å². The number of benzene rings is 1. The Morgan fingerprint density at radius 1 is 1.11 bits per heavy atom. The van der Waals surface area contributed by atoms with Gasteiger partial charge < -0.3 is 14.0 Å². The summed E-state index contributed by atoms with van der Waals surface area (Å²) in [5.41, 5.74) is 0.993. The van der Waals surface area contributed by atoms with Crippen molar-refractivity contribution in [3.63, 3.8) is 0 Å². The van der Waals surface area contributed by atoms with Gasteiger partial charge in [-0.25, -0.2) is 0 Å². The zero-order chi connectivity index (χ0) is 19.8. The highest BCUT2D eigenvalue weighted by Gasteiger charge is 2.43. The molecule has 6 nitrogen and oxygen atoms in total. The first-order valence-corrected chi connectivity index (χ1v) is 9.88. The molecule has 1 aromatic heterocycles. The second kappa shape index (κ2) is 7.59. The lowest BCUT2D eigenvalue weighted by Crippen LogP contribution is -2.46. The maximum absolute atomic E-state index is 12.9. The van der Waals surface area contributed by atoms with Gasteiger partial charge in [0.25, 0.3) is 5.79 Å². The Morgan fingerprint density at radius 2 is 1.70 bits per heavy atom. The fourth-order valence-electron chi connectivity index (χ4n) is 2.87. The summed E-state index contributed by atoms with van der Waals surface area (Å²) in [5, 5.41) is 0. The molecule has 0 radical (unpaired) electrons. The first kappa shape index (κ1) is 19.8. The standard InChI is InChI=1S/C19H17Br2NO5/c1-19(2)26-17(24)12(18(25)27-19)8-9-22-14(10-13(20)16(22)21)15(23)11-6-4-3-5-7-11/h3-7,10,12H,8-9H2,1-2H3. The van der Waals surface area contributed by atoms with E-state index in [0.29, 0.717) is 20.3 Å². The Kier molecular flexibility index (Phi) is 5.58. The number of carbonyl (C=O) groups excluding carboxylic acids is 3. The van der Waals surface area contributed by atoms with Gasteiger partial charge in [-0.3, -0.25) is 14.4 Å². The molecule has 0 unspecified atom stereocenters. The molecule has 0 aliphatic carbocycles. The third kappa shape index (κ3) is 4.16. The first-order valence-electron chi connectivity index (χ1n) is 8.29. The zero-order valence-electron chi connectivity index (χ0n) is 14.7. The van der Waals surface area contributed by atoms with E-state index in [4.69, 9.17) is 9.47 Å². The van der Waals surface area contributed by atoms with Crippen LogP contribution in [0.1, 0.15) is 36.3 Å². The average Bonchev–Trinajstić information content (AvgIpc) is 2.88. The van der Waals surface area contributed by atoms with E-state index in [-0.39, 0.29) is 18.7 Å². The maximum atomic E-state index is 12.9. The van der Waals surface area contributed by atoms with E-state index in [1.807, 2.05) is 6.07 Å². The number of hydrogen-bond donors (Lipinski definition) is 0. The van der Waals surface area contributed by atoms with Crippen molar-refractivity contribution in [1.29, 1.82) is 0 Å². The second-order valence-corrected chi connectivity index (χ2v) is 8.20. The predicted molar refractivity (Wildman–Crippen MR) is 104 cm³/mol. The Bertz CT molecular complexity index is 884. The first-order chi connectivity index (χ1) is 12.7. The number of aromatic nitrogens is 1. The smallest absolute Gasteiger partial charge is 0.323 e. The van der Waals surface area contributed by atoms with Gasteiger partial charge in [0.2, 0.25) is 5.78 Å². The number of cyclic esters (lactones) is 2. The lowest BCUT2D eigenvalue weighted by atomic mass is 10.0. The minimum atomic E-state index is -1.25. The van der Waals surface area contributed by atoms with Crippen LogP contribution >= 0.6 is 31.9 Å². The molecule has 0 spiro atoms. The number of nitrogens with zero attached hydrogens (tertiary/aromatic N) is 1. The largest absolute Gasteiger partial charge is 0.422 e. The SMILES string of the molecule is CC1(C)OC(=O)C(CCn2c(C(=O)c3ccccc3)cc(Br)c2Br)C(=O)O1. The van der Waals surface area contributed by atoms with E-state index in [9.17, 15) is 14.4 Å². The molecule has 1 aliphatic rings. The topological polar surface area (TPSA) is 74.6 Å². The van der Waals surface area contributed by atoms with Gasteiger partial charge in [0, 0.05) is 26.0 Å². The summed E-state index contributed by atoms with van der Waals surface area (Å²) in [7, 11) is 0. The lowest BCUT2D eigenvalue weighted by molar-refractivity contribution is -0.240. The van der Waals surface area contributed by atoms with Crippen LogP contribution < -0.4 is 0 Å². The Labute approximate surface area is 173 Å². The van der Waals surface area contributed by atoms with E-state index in [1.54, 1.807) is 34.9 Å². The lowest BCUT2D eigenvalue weighted by Gasteiger charge is -2.32.